The van der Waals surface area contributed by atoms with Crippen molar-refractivity contribution in [3.05, 3.63) is 106 Å². The third-order valence-corrected chi connectivity index (χ3v) is 7.64. The van der Waals surface area contributed by atoms with E-state index in [1.807, 2.05) is 0 Å². The minimum absolute atomic E-state index is 0.0292. The molecule has 2 aromatic heterocycles. The lowest BCUT2D eigenvalue weighted by Crippen LogP contribution is -2.31. The maximum absolute atomic E-state index is 16.3. The Hall–Kier alpha value is -4.81. The van der Waals surface area contributed by atoms with Gasteiger partial charge in [-0.3, -0.25) is 9.78 Å². The summed E-state index contributed by atoms with van der Waals surface area (Å²) in [5.74, 6) is -2.39. The molecule has 0 saturated heterocycles. The van der Waals surface area contributed by atoms with Crippen LogP contribution in [0.1, 0.15) is 72.4 Å². The van der Waals surface area contributed by atoms with Crippen LogP contribution in [-0.4, -0.2) is 31.7 Å². The number of halogens is 5. The summed E-state index contributed by atoms with van der Waals surface area (Å²) < 4.78 is 80.8. The summed E-state index contributed by atoms with van der Waals surface area (Å²) in [4.78, 5) is 33.8. The number of amides is 2. The van der Waals surface area contributed by atoms with Crippen LogP contribution >= 0.6 is 0 Å². The highest BCUT2D eigenvalue weighted by Crippen LogP contribution is 2.42. The molecule has 1 N–H and O–H groups in total. The number of imidazole rings is 1. The average molecular weight is 656 g/mol. The highest BCUT2D eigenvalue weighted by molar-refractivity contribution is 5.96. The summed E-state index contributed by atoms with van der Waals surface area (Å²) >= 11 is 0. The van der Waals surface area contributed by atoms with Crippen LogP contribution in [0.5, 0.6) is 0 Å². The Labute approximate surface area is 267 Å². The second kappa shape index (κ2) is 12.8. The summed E-state index contributed by atoms with van der Waals surface area (Å²) in [7, 11) is 1.63. The van der Waals surface area contributed by atoms with E-state index >= 15 is 4.39 Å². The molecule has 5 rings (SSSR count). The Morgan fingerprint density at radius 2 is 1.79 bits per heavy atom. The average Bonchev–Trinajstić information content (AvgIpc) is 3.77. The third-order valence-electron chi connectivity index (χ3n) is 7.64. The van der Waals surface area contributed by atoms with Crippen molar-refractivity contribution in [2.45, 2.75) is 64.9 Å². The molecule has 1 atom stereocenters. The van der Waals surface area contributed by atoms with E-state index in [1.54, 1.807) is 59.3 Å². The molecule has 0 unspecified atom stereocenters. The number of ether oxygens (including phenoxy) is 1. The molecule has 248 valence electrons. The number of hydrogen-bond donors (Lipinski definition) is 1. The van der Waals surface area contributed by atoms with E-state index < -0.39 is 63.8 Å². The first-order valence-electron chi connectivity index (χ1n) is 14.9. The van der Waals surface area contributed by atoms with Crippen molar-refractivity contribution in [2.24, 2.45) is 18.0 Å². The quantitative estimate of drug-likeness (QED) is 0.212. The van der Waals surface area contributed by atoms with Gasteiger partial charge in [0.1, 0.15) is 17.2 Å². The number of alkyl halides is 3. The first-order valence-corrected chi connectivity index (χ1v) is 14.9. The lowest BCUT2D eigenvalue weighted by molar-refractivity contribution is -0.140. The van der Waals surface area contributed by atoms with Gasteiger partial charge in [-0.1, -0.05) is 18.2 Å². The van der Waals surface area contributed by atoms with Crippen LogP contribution < -0.4 is 10.9 Å². The minimum Gasteiger partial charge on any atom is -0.442 e. The lowest BCUT2D eigenvalue weighted by Gasteiger charge is -2.21. The molecule has 1 aliphatic rings. The van der Waals surface area contributed by atoms with Gasteiger partial charge >= 0.3 is 12.3 Å². The molecular formula is C34H34F5N5O3. The molecule has 1 fully saturated rings. The van der Waals surface area contributed by atoms with Gasteiger partial charge in [0.25, 0.3) is 5.91 Å². The van der Waals surface area contributed by atoms with Gasteiger partial charge in [0, 0.05) is 36.8 Å². The normalized spacial score (nSPS) is 14.6. The molecule has 1 aliphatic carbocycles. The third kappa shape index (κ3) is 7.78. The van der Waals surface area contributed by atoms with Gasteiger partial charge in [-0.25, -0.2) is 13.6 Å². The van der Waals surface area contributed by atoms with Gasteiger partial charge in [-0.05, 0) is 87.4 Å². The predicted octanol–water partition coefficient (Wildman–Crippen LogP) is 7.26. The zero-order chi connectivity index (χ0) is 34.3. The molecule has 0 aliphatic heterocycles. The van der Waals surface area contributed by atoms with Crippen molar-refractivity contribution in [3.8, 4) is 11.1 Å². The van der Waals surface area contributed by atoms with E-state index in [2.05, 4.69) is 15.3 Å². The summed E-state index contributed by atoms with van der Waals surface area (Å²) in [6.45, 7) is 6.55. The molecule has 13 heteroatoms. The molecular weight excluding hydrogens is 621 g/mol. The summed E-state index contributed by atoms with van der Waals surface area (Å²) in [6.07, 6.45) is -0.0569. The van der Waals surface area contributed by atoms with Crippen LogP contribution in [0.4, 0.5) is 26.7 Å². The van der Waals surface area contributed by atoms with E-state index in [1.165, 1.54) is 33.4 Å². The van der Waals surface area contributed by atoms with Crippen LogP contribution in [-0.2, 0) is 24.5 Å². The Bertz CT molecular complexity index is 1900. The monoisotopic (exact) mass is 655 g/mol. The van der Waals surface area contributed by atoms with Crippen molar-refractivity contribution >= 4 is 12.0 Å². The Kier molecular flexibility index (Phi) is 9.11. The molecule has 0 radical (unpaired) electrons. The Balaban J connectivity index is 1.61. The molecule has 0 spiro atoms. The molecule has 47 heavy (non-hydrogen) atoms. The fraction of sp³-hybridized carbons (Fsp3) is 0.353. The van der Waals surface area contributed by atoms with Gasteiger partial charge < -0.3 is 19.2 Å². The smallest absolute Gasteiger partial charge is 0.437 e. The van der Waals surface area contributed by atoms with Crippen LogP contribution in [0.15, 0.2) is 66.0 Å². The topological polar surface area (TPSA) is 90.5 Å². The predicted molar refractivity (Wildman–Crippen MR) is 163 cm³/mol. The second-order valence-electron chi connectivity index (χ2n) is 12.6. The molecule has 2 aromatic carbocycles. The maximum Gasteiger partial charge on any atom is 0.437 e. The van der Waals surface area contributed by atoms with Crippen molar-refractivity contribution < 1.29 is 36.3 Å². The fourth-order valence-corrected chi connectivity index (χ4v) is 5.31. The van der Waals surface area contributed by atoms with Crippen LogP contribution in [0.2, 0.25) is 0 Å². The van der Waals surface area contributed by atoms with Crippen LogP contribution in [0.25, 0.3) is 11.1 Å². The number of benzene rings is 2. The minimum atomic E-state index is -4.91. The van der Waals surface area contributed by atoms with Gasteiger partial charge in [0.15, 0.2) is 5.69 Å². The Morgan fingerprint density at radius 3 is 2.43 bits per heavy atom. The number of rotatable bonds is 7. The first-order chi connectivity index (χ1) is 22.0. The van der Waals surface area contributed by atoms with E-state index in [4.69, 9.17) is 4.74 Å². The highest BCUT2D eigenvalue weighted by Gasteiger charge is 2.37. The number of pyridine rings is 1. The van der Waals surface area contributed by atoms with E-state index in [-0.39, 0.29) is 23.6 Å². The second-order valence-corrected chi connectivity index (χ2v) is 12.6. The van der Waals surface area contributed by atoms with Crippen molar-refractivity contribution in [3.63, 3.8) is 0 Å². The standard InChI is InChI=1S/C34H34F5N5O3/c1-19-15-22(10-11-26(19)35)28(21-8-9-21)41-30(45)25-17-20(16-24(27(25)36)23-7-6-12-40-29(23)34(37,38)39)18-44-14-13-43(5)31(44)42-32(46)47-33(2,3)4/h6-7,10-17,21,28H,8-9,18H2,1-5H3,(H,41,45)/b42-31+/t28-/m0/s1. The van der Waals surface area contributed by atoms with E-state index in [0.29, 0.717) is 11.1 Å². The molecule has 1 saturated carbocycles. The van der Waals surface area contributed by atoms with Crippen molar-refractivity contribution in [2.75, 3.05) is 0 Å². The first kappa shape index (κ1) is 33.6. The van der Waals surface area contributed by atoms with Crippen molar-refractivity contribution in [1.82, 2.24) is 19.4 Å². The molecule has 2 amide bonds. The van der Waals surface area contributed by atoms with Gasteiger partial charge in [0.2, 0.25) is 5.62 Å². The highest BCUT2D eigenvalue weighted by atomic mass is 19.4. The summed E-state index contributed by atoms with van der Waals surface area (Å²) in [5.41, 5.74) is -2.22. The Morgan fingerprint density at radius 1 is 1.06 bits per heavy atom. The maximum atomic E-state index is 16.3. The van der Waals surface area contributed by atoms with Crippen LogP contribution in [0, 0.1) is 24.5 Å². The van der Waals surface area contributed by atoms with Gasteiger partial charge in [-0.2, -0.15) is 13.2 Å². The number of aryl methyl sites for hydroxylation is 2. The number of aromatic nitrogens is 3. The number of hydrogen-bond acceptors (Lipinski definition) is 4. The lowest BCUT2D eigenvalue weighted by atomic mass is 9.95. The zero-order valence-electron chi connectivity index (χ0n) is 26.5. The number of nitrogens with one attached hydrogen (secondary N) is 1. The molecule has 2 heterocycles. The number of carbonyl (C=O) groups excluding carboxylic acids is 2. The molecule has 8 nitrogen and oxygen atoms in total. The number of nitrogens with zero attached hydrogens (tertiary/aromatic N) is 4. The van der Waals surface area contributed by atoms with E-state index in [9.17, 15) is 27.2 Å². The summed E-state index contributed by atoms with van der Waals surface area (Å²) in [5, 5.41) is 2.85. The van der Waals surface area contributed by atoms with Gasteiger partial charge in [-0.15, -0.1) is 4.99 Å². The van der Waals surface area contributed by atoms with Crippen LogP contribution in [0.3, 0.4) is 0 Å². The van der Waals surface area contributed by atoms with E-state index in [0.717, 1.165) is 25.1 Å². The largest absolute Gasteiger partial charge is 0.442 e. The molecule has 0 bridgehead atoms. The summed E-state index contributed by atoms with van der Waals surface area (Å²) in [6, 6.07) is 8.71. The van der Waals surface area contributed by atoms with Gasteiger partial charge in [0.05, 0.1) is 18.2 Å². The molecule has 4 aromatic rings. The van der Waals surface area contributed by atoms with Crippen molar-refractivity contribution in [1.29, 1.82) is 0 Å². The zero-order valence-corrected chi connectivity index (χ0v) is 26.5. The fourth-order valence-electron chi connectivity index (χ4n) is 5.31. The number of carbonyl (C=O) groups is 2. The SMILES string of the molecule is Cc1cc([C@@H](NC(=O)c2cc(Cn3ccn(C)/c3=N\C(=O)OC(C)(C)C)cc(-c3cccnc3C(F)(F)F)c2F)C2CC2)ccc1F.